The smallest absolute Gasteiger partial charge is 0.726 e. The zero-order chi connectivity index (χ0) is 20.5. The van der Waals surface area contributed by atoms with E-state index in [2.05, 4.69) is 4.18 Å². The molecule has 0 aliphatic carbocycles. The van der Waals surface area contributed by atoms with E-state index >= 15 is 0 Å². The predicted molar refractivity (Wildman–Crippen MR) is 75.4 cm³/mol. The van der Waals surface area contributed by atoms with Crippen LogP contribution in [0.25, 0.3) is 0 Å². The number of hydrogen-bond donors (Lipinski definition) is 5. The number of carboxylic acids is 1. The van der Waals surface area contributed by atoms with Crippen molar-refractivity contribution in [3.63, 3.8) is 0 Å². The first-order valence-electron chi connectivity index (χ1n) is 7.40. The van der Waals surface area contributed by atoms with E-state index in [4.69, 9.17) is 19.9 Å². The number of carboxylic acid groups (broad SMARTS) is 1. The average molecular weight is 461 g/mol. The number of carbonyl (C=O) groups is 1. The van der Waals surface area contributed by atoms with Gasteiger partial charge < -0.3 is 54.8 Å². The molecule has 8 atom stereocenters. The van der Waals surface area contributed by atoms with Crippen LogP contribution in [-0.2, 0) is 33.6 Å². The van der Waals surface area contributed by atoms with Gasteiger partial charge in [-0.3, -0.25) is 4.18 Å². The maximum Gasteiger partial charge on any atom is 1.00 e. The standard InChI is InChI=1S/C12H19NO13S.2Na/c13-6-7(16)9(5(2-14)23-11(6)19)25-12-8(26-27(20,21)22)3(15)1-4(24-12)10(17)18;;/h1,3,5-9,11-12,14-16,19H,2,13H2,(H,17,18)(H,20,21,22);;/q;2*+1/p-2/t3-,5+,6+,7+,8+,9+,11?,12-;;/m0../s1. The number of nitrogens with two attached hydrogens (primary N) is 1. The predicted octanol–water partition coefficient (Wildman–Crippen LogP) is -12.0. The minimum atomic E-state index is -5.39. The fourth-order valence-corrected chi connectivity index (χ4v) is 3.00. The van der Waals surface area contributed by atoms with Gasteiger partial charge in [0, 0.05) is 0 Å². The van der Waals surface area contributed by atoms with E-state index in [0.29, 0.717) is 6.08 Å². The molecule has 2 aliphatic heterocycles. The molecule has 14 nitrogen and oxygen atoms in total. The van der Waals surface area contributed by atoms with E-state index in [1.165, 1.54) is 0 Å². The van der Waals surface area contributed by atoms with Crippen LogP contribution in [-0.4, -0.2) is 95.1 Å². The Morgan fingerprint density at radius 3 is 2.31 bits per heavy atom. The summed E-state index contributed by atoms with van der Waals surface area (Å²) in [5.74, 6) is -2.87. The number of aliphatic carboxylic acids is 1. The molecule has 2 rings (SSSR count). The summed E-state index contributed by atoms with van der Waals surface area (Å²) in [6.07, 6.45) is -12.0. The summed E-state index contributed by atoms with van der Waals surface area (Å²) < 4.78 is 51.7. The molecule has 2 heterocycles. The van der Waals surface area contributed by atoms with Crippen molar-refractivity contribution < 1.29 is 121 Å². The third-order valence-electron chi connectivity index (χ3n) is 3.81. The van der Waals surface area contributed by atoms with E-state index in [0.717, 1.165) is 0 Å². The molecule has 6 N–H and O–H groups in total. The van der Waals surface area contributed by atoms with Crippen molar-refractivity contribution in [1.29, 1.82) is 0 Å². The summed E-state index contributed by atoms with van der Waals surface area (Å²) in [5.41, 5.74) is 5.50. The minimum Gasteiger partial charge on any atom is -0.726 e. The van der Waals surface area contributed by atoms with Crippen molar-refractivity contribution in [2.45, 2.75) is 49.1 Å². The SMILES string of the molecule is N[C@H]1C(O)O[C@H](CO)[C@@H](O[C@@H]2OC(C(=O)[O-])=C[C@H](O)[C@H]2OS(=O)(=O)[O-])[C@@H]1O.[Na+].[Na+]. The van der Waals surface area contributed by atoms with E-state index < -0.39 is 77.9 Å². The van der Waals surface area contributed by atoms with Crippen LogP contribution in [0.4, 0.5) is 0 Å². The zero-order valence-corrected chi connectivity index (χ0v) is 20.2. The first-order valence-corrected chi connectivity index (χ1v) is 8.73. The van der Waals surface area contributed by atoms with Gasteiger partial charge in [-0.15, -0.1) is 0 Å². The van der Waals surface area contributed by atoms with E-state index in [1.807, 2.05) is 0 Å². The van der Waals surface area contributed by atoms with Gasteiger partial charge in [-0.2, -0.15) is 0 Å². The second-order valence-corrected chi connectivity index (χ2v) is 6.69. The Bertz CT molecular complexity index is 689. The number of aliphatic hydroxyl groups excluding tert-OH is 4. The van der Waals surface area contributed by atoms with Crippen molar-refractivity contribution in [3.05, 3.63) is 11.8 Å². The molecule has 2 aliphatic rings. The maximum atomic E-state index is 11.0. The normalized spacial score (nSPS) is 37.4. The van der Waals surface area contributed by atoms with Crippen LogP contribution in [0.3, 0.4) is 0 Å². The number of rotatable bonds is 6. The summed E-state index contributed by atoms with van der Waals surface area (Å²) in [6.45, 7) is -0.810. The van der Waals surface area contributed by atoms with Crippen LogP contribution in [0.1, 0.15) is 0 Å². The number of carbonyl (C=O) groups excluding carboxylic acids is 1. The van der Waals surface area contributed by atoms with Crippen LogP contribution < -0.4 is 70.0 Å². The molecule has 1 saturated heterocycles. The molecule has 0 aromatic carbocycles. The Labute approximate surface area is 209 Å². The van der Waals surface area contributed by atoms with Crippen molar-refractivity contribution >= 4 is 16.4 Å². The average Bonchev–Trinajstić information content (AvgIpc) is 2.56. The van der Waals surface area contributed by atoms with Gasteiger partial charge in [-0.25, -0.2) is 8.42 Å². The first kappa shape index (κ1) is 29.6. The van der Waals surface area contributed by atoms with Crippen LogP contribution >= 0.6 is 0 Å². The van der Waals surface area contributed by atoms with Gasteiger partial charge in [-0.05, 0) is 6.08 Å². The molecule has 1 fully saturated rings. The molecule has 0 spiro atoms. The topological polar surface area (TPSA) is 241 Å². The van der Waals surface area contributed by atoms with E-state index in [1.54, 1.807) is 0 Å². The fraction of sp³-hybridized carbons (Fsp3) is 0.750. The van der Waals surface area contributed by atoms with Gasteiger partial charge in [0.25, 0.3) is 0 Å². The Morgan fingerprint density at radius 1 is 1.24 bits per heavy atom. The van der Waals surface area contributed by atoms with Crippen molar-refractivity contribution in [1.82, 2.24) is 0 Å². The van der Waals surface area contributed by atoms with Crippen molar-refractivity contribution in [3.8, 4) is 0 Å². The number of hydrogen-bond acceptors (Lipinski definition) is 14. The summed E-state index contributed by atoms with van der Waals surface area (Å²) in [4.78, 5) is 11.0. The molecule has 156 valence electrons. The molecule has 0 bridgehead atoms. The van der Waals surface area contributed by atoms with Gasteiger partial charge in [0.2, 0.25) is 16.7 Å². The van der Waals surface area contributed by atoms with Gasteiger partial charge in [0.1, 0.15) is 36.1 Å². The molecule has 17 heteroatoms. The first-order chi connectivity index (χ1) is 12.4. The maximum absolute atomic E-state index is 11.0. The van der Waals surface area contributed by atoms with Gasteiger partial charge in [-0.1, -0.05) is 0 Å². The monoisotopic (exact) mass is 461 g/mol. The number of aliphatic hydroxyl groups is 4. The summed E-state index contributed by atoms with van der Waals surface area (Å²) >= 11 is 0. The van der Waals surface area contributed by atoms with Crippen LogP contribution in [0.2, 0.25) is 0 Å². The molecule has 0 aromatic heterocycles. The molecule has 0 amide bonds. The third-order valence-corrected chi connectivity index (χ3v) is 4.27. The van der Waals surface area contributed by atoms with Crippen molar-refractivity contribution in [2.24, 2.45) is 5.73 Å². The zero-order valence-electron chi connectivity index (χ0n) is 15.4. The molecule has 0 saturated carbocycles. The van der Waals surface area contributed by atoms with Gasteiger partial charge in [0.15, 0.2) is 12.4 Å². The number of ether oxygens (including phenoxy) is 3. The Hall–Kier alpha value is 0.600. The van der Waals surface area contributed by atoms with Crippen LogP contribution in [0.15, 0.2) is 11.8 Å². The van der Waals surface area contributed by atoms with Gasteiger partial charge in [0.05, 0.1) is 12.6 Å². The Balaban J connectivity index is 0.00000392. The molecular formula is C12H17NNa2O13S. The fourth-order valence-electron chi connectivity index (χ4n) is 2.53. The van der Waals surface area contributed by atoms with Crippen LogP contribution in [0, 0.1) is 0 Å². The molecule has 29 heavy (non-hydrogen) atoms. The molecule has 1 unspecified atom stereocenters. The molecular weight excluding hydrogens is 444 g/mol. The van der Waals surface area contributed by atoms with E-state index in [-0.39, 0.29) is 59.1 Å². The second-order valence-electron chi connectivity index (χ2n) is 5.68. The van der Waals surface area contributed by atoms with Crippen LogP contribution in [0.5, 0.6) is 0 Å². The summed E-state index contributed by atoms with van der Waals surface area (Å²) in [7, 11) is -5.39. The summed E-state index contributed by atoms with van der Waals surface area (Å²) in [5, 5.41) is 49.8. The second kappa shape index (κ2) is 12.0. The molecule has 0 aromatic rings. The Kier molecular flexibility index (Phi) is 12.3. The van der Waals surface area contributed by atoms with Crippen molar-refractivity contribution in [2.75, 3.05) is 6.61 Å². The quantitative estimate of drug-likeness (QED) is 0.140. The molecule has 0 radical (unpaired) electrons. The third kappa shape index (κ3) is 7.60. The minimum absolute atomic E-state index is 0. The van der Waals surface area contributed by atoms with Gasteiger partial charge >= 0.3 is 59.1 Å². The van der Waals surface area contributed by atoms with E-state index in [9.17, 15) is 43.3 Å². The summed E-state index contributed by atoms with van der Waals surface area (Å²) in [6, 6.07) is -1.43. The largest absolute Gasteiger partial charge is 1.00 e. The Morgan fingerprint density at radius 2 is 1.83 bits per heavy atom.